The molecule has 9 heteroatoms. The van der Waals surface area contributed by atoms with Crippen LogP contribution in [0.2, 0.25) is 0 Å². The number of amides is 1. The molecule has 0 unspecified atom stereocenters. The predicted molar refractivity (Wildman–Crippen MR) is 76.4 cm³/mol. The molecule has 24 heavy (non-hydrogen) atoms. The molecule has 0 atom stereocenters. The molecule has 0 radical (unpaired) electrons. The van der Waals surface area contributed by atoms with Gasteiger partial charge in [-0.15, -0.1) is 0 Å². The number of hydrogen-bond donors (Lipinski definition) is 0. The van der Waals surface area contributed by atoms with Crippen molar-refractivity contribution >= 4 is 21.9 Å². The Kier molecular flexibility index (Phi) is 3.80. The van der Waals surface area contributed by atoms with Crippen molar-refractivity contribution in [2.24, 2.45) is 0 Å². The van der Waals surface area contributed by atoms with Gasteiger partial charge in [-0.2, -0.15) is 4.31 Å². The largest absolute Gasteiger partial charge is 0.439 e. The molecule has 0 saturated carbocycles. The molecule has 3 rings (SSSR count). The van der Waals surface area contributed by atoms with Crippen molar-refractivity contribution in [1.29, 1.82) is 0 Å². The molecule has 6 nitrogen and oxygen atoms in total. The van der Waals surface area contributed by atoms with Crippen LogP contribution < -0.4 is 0 Å². The van der Waals surface area contributed by atoms with E-state index < -0.39 is 45.8 Å². The van der Waals surface area contributed by atoms with Crippen LogP contribution in [-0.2, 0) is 14.8 Å². The van der Waals surface area contributed by atoms with E-state index in [0.717, 1.165) is 18.2 Å². The van der Waals surface area contributed by atoms with Gasteiger partial charge < -0.3 is 4.74 Å². The van der Waals surface area contributed by atoms with E-state index >= 15 is 0 Å². The molecule has 0 aliphatic carbocycles. The average molecular weight is 353 g/mol. The van der Waals surface area contributed by atoms with Gasteiger partial charge >= 0.3 is 5.97 Å². The van der Waals surface area contributed by atoms with Crippen LogP contribution >= 0.6 is 0 Å². The summed E-state index contributed by atoms with van der Waals surface area (Å²) >= 11 is 0. The minimum atomic E-state index is -4.17. The first-order chi connectivity index (χ1) is 11.3. The van der Waals surface area contributed by atoms with Gasteiger partial charge in [0, 0.05) is 0 Å². The zero-order valence-corrected chi connectivity index (χ0v) is 12.7. The van der Waals surface area contributed by atoms with Crippen LogP contribution in [0.1, 0.15) is 20.7 Å². The van der Waals surface area contributed by atoms with Crippen molar-refractivity contribution in [3.05, 3.63) is 65.2 Å². The van der Waals surface area contributed by atoms with Gasteiger partial charge in [0.25, 0.3) is 15.9 Å². The molecule has 1 aliphatic rings. The number of esters is 1. The van der Waals surface area contributed by atoms with Gasteiger partial charge in [-0.25, -0.2) is 22.0 Å². The van der Waals surface area contributed by atoms with Crippen molar-refractivity contribution in [3.63, 3.8) is 0 Å². The highest BCUT2D eigenvalue weighted by molar-refractivity contribution is 7.90. The summed E-state index contributed by atoms with van der Waals surface area (Å²) in [6.07, 6.45) is 0. The van der Waals surface area contributed by atoms with Crippen molar-refractivity contribution in [2.45, 2.75) is 4.90 Å². The highest BCUT2D eigenvalue weighted by Gasteiger charge is 2.41. The lowest BCUT2D eigenvalue weighted by molar-refractivity contribution is 0.0349. The summed E-state index contributed by atoms with van der Waals surface area (Å²) in [6.45, 7) is -0.984. The molecule has 0 fully saturated rings. The highest BCUT2D eigenvalue weighted by atomic mass is 32.2. The van der Waals surface area contributed by atoms with Crippen LogP contribution in [0.5, 0.6) is 0 Å². The first-order valence-electron chi connectivity index (χ1n) is 6.61. The highest BCUT2D eigenvalue weighted by Crippen LogP contribution is 2.29. The number of benzene rings is 2. The molecule has 0 bridgehead atoms. The molecule has 0 spiro atoms. The lowest BCUT2D eigenvalue weighted by atomic mass is 10.2. The van der Waals surface area contributed by atoms with Gasteiger partial charge in [-0.3, -0.25) is 4.79 Å². The minimum absolute atomic E-state index is 0.0642. The summed E-state index contributed by atoms with van der Waals surface area (Å²) in [6, 6.07) is 8.24. The number of fused-ring (bicyclic) bond motifs is 1. The Bertz CT molecular complexity index is 938. The van der Waals surface area contributed by atoms with Crippen LogP contribution in [0.3, 0.4) is 0 Å². The first-order valence-corrected chi connectivity index (χ1v) is 8.05. The fourth-order valence-corrected chi connectivity index (χ4v) is 3.67. The molecule has 2 aromatic rings. The van der Waals surface area contributed by atoms with Crippen molar-refractivity contribution in [3.8, 4) is 0 Å². The second-order valence-electron chi connectivity index (χ2n) is 4.81. The van der Waals surface area contributed by atoms with Crippen molar-refractivity contribution < 1.29 is 31.5 Å². The van der Waals surface area contributed by atoms with E-state index in [0.29, 0.717) is 4.31 Å². The minimum Gasteiger partial charge on any atom is -0.439 e. The Morgan fingerprint density at radius 1 is 1.04 bits per heavy atom. The lowest BCUT2D eigenvalue weighted by Crippen LogP contribution is -2.33. The van der Waals surface area contributed by atoms with E-state index in [1.54, 1.807) is 0 Å². The van der Waals surface area contributed by atoms with Crippen molar-refractivity contribution in [1.82, 2.24) is 4.31 Å². The Hall–Kier alpha value is -2.81. The molecular weight excluding hydrogens is 344 g/mol. The molecule has 1 aliphatic heterocycles. The van der Waals surface area contributed by atoms with E-state index in [1.165, 1.54) is 24.3 Å². The number of carbonyl (C=O) groups is 2. The maximum absolute atomic E-state index is 13.5. The second kappa shape index (κ2) is 5.68. The summed E-state index contributed by atoms with van der Waals surface area (Å²) in [5.74, 6) is -4.60. The van der Waals surface area contributed by atoms with Gasteiger partial charge in [-0.05, 0) is 24.3 Å². The number of halogens is 2. The van der Waals surface area contributed by atoms with Gasteiger partial charge in [0.1, 0.15) is 22.1 Å². The molecule has 0 aromatic heterocycles. The molecule has 1 heterocycles. The fraction of sp³-hybridized carbons (Fsp3) is 0.0667. The third kappa shape index (κ3) is 2.42. The van der Waals surface area contributed by atoms with E-state index in [9.17, 15) is 26.8 Å². The van der Waals surface area contributed by atoms with Crippen LogP contribution in [0.4, 0.5) is 8.78 Å². The molecule has 0 N–H and O–H groups in total. The smallest absolute Gasteiger partial charge is 0.345 e. The zero-order valence-electron chi connectivity index (χ0n) is 11.9. The third-order valence-electron chi connectivity index (χ3n) is 3.39. The molecule has 0 saturated heterocycles. The zero-order chi connectivity index (χ0) is 17.5. The summed E-state index contributed by atoms with van der Waals surface area (Å²) in [5, 5.41) is 0. The molecule has 1 amide bonds. The van der Waals surface area contributed by atoms with E-state index in [1.807, 2.05) is 0 Å². The standard InChI is InChI=1S/C15H9F2NO5S/c16-10-5-3-6-11(17)13(10)15(20)23-8-18-14(19)9-4-1-2-7-12(9)24(18,21)22/h1-7H,8H2. The van der Waals surface area contributed by atoms with Gasteiger partial charge in [-0.1, -0.05) is 18.2 Å². The number of hydrogen-bond acceptors (Lipinski definition) is 5. The fourth-order valence-electron chi connectivity index (χ4n) is 2.24. The number of sulfonamides is 1. The number of carbonyl (C=O) groups excluding carboxylic acids is 2. The summed E-state index contributed by atoms with van der Waals surface area (Å²) < 4.78 is 56.4. The summed E-state index contributed by atoms with van der Waals surface area (Å²) in [4.78, 5) is 23.7. The normalized spacial score (nSPS) is 15.2. The number of nitrogens with zero attached hydrogens (tertiary/aromatic N) is 1. The Labute approximate surface area is 135 Å². The Balaban J connectivity index is 1.84. The van der Waals surface area contributed by atoms with E-state index in [4.69, 9.17) is 0 Å². The maximum atomic E-state index is 13.5. The van der Waals surface area contributed by atoms with Gasteiger partial charge in [0.2, 0.25) is 0 Å². The Morgan fingerprint density at radius 3 is 2.29 bits per heavy atom. The third-order valence-corrected chi connectivity index (χ3v) is 5.16. The molecule has 2 aromatic carbocycles. The van der Waals surface area contributed by atoms with Crippen LogP contribution in [0.25, 0.3) is 0 Å². The second-order valence-corrected chi connectivity index (χ2v) is 6.64. The summed E-state index contributed by atoms with van der Waals surface area (Å²) in [5.41, 5.74) is -1.02. The Morgan fingerprint density at radius 2 is 1.67 bits per heavy atom. The predicted octanol–water partition coefficient (Wildman–Crippen LogP) is 1.92. The molecular formula is C15H9F2NO5S. The molecule has 124 valence electrons. The monoisotopic (exact) mass is 353 g/mol. The van der Waals surface area contributed by atoms with Crippen molar-refractivity contribution in [2.75, 3.05) is 6.73 Å². The average Bonchev–Trinajstić information content (AvgIpc) is 2.73. The summed E-state index contributed by atoms with van der Waals surface area (Å²) in [7, 11) is -4.17. The quantitative estimate of drug-likeness (QED) is 0.788. The maximum Gasteiger partial charge on any atom is 0.345 e. The topological polar surface area (TPSA) is 80.8 Å². The van der Waals surface area contributed by atoms with E-state index in [2.05, 4.69) is 4.74 Å². The van der Waals surface area contributed by atoms with E-state index in [-0.39, 0.29) is 10.5 Å². The lowest BCUT2D eigenvalue weighted by Gasteiger charge is -2.15. The van der Waals surface area contributed by atoms with Gasteiger partial charge in [0.15, 0.2) is 6.73 Å². The SMILES string of the molecule is O=C(OCN1C(=O)c2ccccc2S1(=O)=O)c1c(F)cccc1F. The number of ether oxygens (including phenoxy) is 1. The van der Waals surface area contributed by atoms with Gasteiger partial charge in [0.05, 0.1) is 5.56 Å². The van der Waals surface area contributed by atoms with Crippen LogP contribution in [0, 0.1) is 11.6 Å². The first kappa shape index (κ1) is 16.1. The van der Waals surface area contributed by atoms with Crippen LogP contribution in [0.15, 0.2) is 47.4 Å². The van der Waals surface area contributed by atoms with Crippen LogP contribution in [-0.4, -0.2) is 31.3 Å². The number of rotatable bonds is 3.